The molecular formula is C14H9F5O2. The lowest BCUT2D eigenvalue weighted by molar-refractivity contribution is 0.202. The van der Waals surface area contributed by atoms with Gasteiger partial charge in [0.1, 0.15) is 11.9 Å². The summed E-state index contributed by atoms with van der Waals surface area (Å²) in [6.07, 6.45) is -2.02. The molecule has 112 valence electrons. The summed E-state index contributed by atoms with van der Waals surface area (Å²) in [6, 6.07) is 5.39. The van der Waals surface area contributed by atoms with E-state index < -0.39 is 40.8 Å². The third kappa shape index (κ3) is 2.56. The summed E-state index contributed by atoms with van der Waals surface area (Å²) in [4.78, 5) is 0. The van der Waals surface area contributed by atoms with Gasteiger partial charge in [-0.1, -0.05) is 12.1 Å². The van der Waals surface area contributed by atoms with Gasteiger partial charge in [-0.05, 0) is 17.7 Å². The summed E-state index contributed by atoms with van der Waals surface area (Å²) in [6.45, 7) is 0. The molecule has 0 aromatic heterocycles. The number of aliphatic hydroxyl groups excluding tert-OH is 1. The molecule has 1 unspecified atom stereocenters. The summed E-state index contributed by atoms with van der Waals surface area (Å²) in [5.41, 5.74) is -1.38. The molecule has 0 radical (unpaired) electrons. The van der Waals surface area contributed by atoms with Crippen LogP contribution in [-0.2, 0) is 0 Å². The Morgan fingerprint density at radius 3 is 1.95 bits per heavy atom. The van der Waals surface area contributed by atoms with Crippen molar-refractivity contribution in [3.05, 3.63) is 64.5 Å². The average molecular weight is 304 g/mol. The first-order valence-corrected chi connectivity index (χ1v) is 5.71. The predicted molar refractivity (Wildman–Crippen MR) is 63.3 cm³/mol. The smallest absolute Gasteiger partial charge is 0.200 e. The molecule has 0 aliphatic heterocycles. The molecule has 2 aromatic rings. The highest BCUT2D eigenvalue weighted by Gasteiger charge is 2.30. The fourth-order valence-electron chi connectivity index (χ4n) is 1.84. The first kappa shape index (κ1) is 15.2. The van der Waals surface area contributed by atoms with E-state index in [0.29, 0.717) is 0 Å². The van der Waals surface area contributed by atoms with Crippen LogP contribution in [0.4, 0.5) is 22.0 Å². The van der Waals surface area contributed by atoms with Gasteiger partial charge in [0.15, 0.2) is 23.3 Å². The SMILES string of the molecule is COc1cccc(C(O)c2c(F)c(F)c(F)c(F)c2F)c1. The Balaban J connectivity index is 2.60. The normalized spacial score (nSPS) is 12.3. The molecule has 0 fully saturated rings. The molecule has 0 saturated carbocycles. The van der Waals surface area contributed by atoms with Gasteiger partial charge in [0.05, 0.1) is 12.7 Å². The third-order valence-corrected chi connectivity index (χ3v) is 2.93. The van der Waals surface area contributed by atoms with E-state index in [0.717, 1.165) is 0 Å². The van der Waals surface area contributed by atoms with Crippen LogP contribution in [0.25, 0.3) is 0 Å². The second-order valence-electron chi connectivity index (χ2n) is 4.16. The summed E-state index contributed by atoms with van der Waals surface area (Å²) < 4.78 is 71.3. The number of ether oxygens (including phenoxy) is 1. The van der Waals surface area contributed by atoms with Crippen LogP contribution < -0.4 is 4.74 Å². The molecule has 21 heavy (non-hydrogen) atoms. The van der Waals surface area contributed by atoms with Gasteiger partial charge in [0, 0.05) is 0 Å². The van der Waals surface area contributed by atoms with Crippen molar-refractivity contribution in [3.63, 3.8) is 0 Å². The molecule has 1 atom stereocenters. The van der Waals surface area contributed by atoms with E-state index in [-0.39, 0.29) is 11.3 Å². The van der Waals surface area contributed by atoms with Gasteiger partial charge in [0.25, 0.3) is 0 Å². The Kier molecular flexibility index (Phi) is 4.13. The minimum atomic E-state index is -2.27. The zero-order chi connectivity index (χ0) is 15.7. The van der Waals surface area contributed by atoms with Crippen LogP contribution in [0.1, 0.15) is 17.2 Å². The maximum absolute atomic E-state index is 13.6. The van der Waals surface area contributed by atoms with Gasteiger partial charge >= 0.3 is 0 Å². The summed E-state index contributed by atoms with van der Waals surface area (Å²) in [7, 11) is 1.32. The van der Waals surface area contributed by atoms with Crippen LogP contribution in [-0.4, -0.2) is 12.2 Å². The fraction of sp³-hybridized carbons (Fsp3) is 0.143. The Morgan fingerprint density at radius 1 is 0.905 bits per heavy atom. The molecular weight excluding hydrogens is 295 g/mol. The summed E-state index contributed by atoms with van der Waals surface area (Å²) in [5.74, 6) is -10.4. The number of aliphatic hydroxyl groups is 1. The van der Waals surface area contributed by atoms with Crippen LogP contribution >= 0.6 is 0 Å². The molecule has 2 aromatic carbocycles. The standard InChI is InChI=1S/C14H9F5O2/c1-21-7-4-2-3-6(5-7)14(20)8-9(15)11(17)13(19)12(18)10(8)16/h2-5,14,20H,1H3. The zero-order valence-electron chi connectivity index (χ0n) is 10.6. The summed E-state index contributed by atoms with van der Waals surface area (Å²) in [5, 5.41) is 9.92. The maximum atomic E-state index is 13.6. The fourth-order valence-corrected chi connectivity index (χ4v) is 1.84. The van der Waals surface area contributed by atoms with E-state index in [4.69, 9.17) is 4.74 Å². The Labute approximate surface area is 116 Å². The number of rotatable bonds is 3. The van der Waals surface area contributed by atoms with Gasteiger partial charge in [-0.25, -0.2) is 22.0 Å². The van der Waals surface area contributed by atoms with Crippen molar-refractivity contribution in [1.29, 1.82) is 0 Å². The molecule has 2 nitrogen and oxygen atoms in total. The van der Waals surface area contributed by atoms with Crippen LogP contribution in [0.3, 0.4) is 0 Å². The lowest BCUT2D eigenvalue weighted by atomic mass is 9.99. The molecule has 1 N–H and O–H groups in total. The van der Waals surface area contributed by atoms with E-state index in [1.165, 1.54) is 31.4 Å². The highest BCUT2D eigenvalue weighted by atomic mass is 19.2. The van der Waals surface area contributed by atoms with Crippen LogP contribution in [0.5, 0.6) is 5.75 Å². The van der Waals surface area contributed by atoms with Crippen LogP contribution in [0.2, 0.25) is 0 Å². The predicted octanol–water partition coefficient (Wildman–Crippen LogP) is 3.47. The highest BCUT2D eigenvalue weighted by Crippen LogP contribution is 2.32. The lowest BCUT2D eigenvalue weighted by Gasteiger charge is -2.15. The van der Waals surface area contributed by atoms with Gasteiger partial charge in [-0.15, -0.1) is 0 Å². The van der Waals surface area contributed by atoms with Crippen molar-refractivity contribution in [3.8, 4) is 5.75 Å². The monoisotopic (exact) mass is 304 g/mol. The molecule has 0 saturated heterocycles. The number of hydrogen-bond donors (Lipinski definition) is 1. The van der Waals surface area contributed by atoms with Crippen molar-refractivity contribution < 1.29 is 31.8 Å². The number of methoxy groups -OCH3 is 1. The second kappa shape index (κ2) is 5.69. The Hall–Kier alpha value is -2.15. The Morgan fingerprint density at radius 2 is 1.43 bits per heavy atom. The quantitative estimate of drug-likeness (QED) is 0.534. The molecule has 0 aliphatic carbocycles. The third-order valence-electron chi connectivity index (χ3n) is 2.93. The molecule has 0 spiro atoms. The summed E-state index contributed by atoms with van der Waals surface area (Å²) >= 11 is 0. The molecule has 0 aliphatic rings. The van der Waals surface area contributed by atoms with Gasteiger partial charge in [-0.3, -0.25) is 0 Å². The van der Waals surface area contributed by atoms with E-state index in [1.54, 1.807) is 0 Å². The van der Waals surface area contributed by atoms with Gasteiger partial charge in [-0.2, -0.15) is 0 Å². The van der Waals surface area contributed by atoms with Crippen molar-refractivity contribution in [2.75, 3.05) is 7.11 Å². The lowest BCUT2D eigenvalue weighted by Crippen LogP contribution is -2.12. The molecule has 0 amide bonds. The van der Waals surface area contributed by atoms with Crippen molar-refractivity contribution in [2.45, 2.75) is 6.10 Å². The van der Waals surface area contributed by atoms with E-state index in [2.05, 4.69) is 0 Å². The van der Waals surface area contributed by atoms with E-state index in [1.807, 2.05) is 0 Å². The van der Waals surface area contributed by atoms with Gasteiger partial charge < -0.3 is 9.84 Å². The van der Waals surface area contributed by atoms with Crippen LogP contribution in [0, 0.1) is 29.1 Å². The van der Waals surface area contributed by atoms with Gasteiger partial charge in [0.2, 0.25) is 5.82 Å². The molecule has 0 heterocycles. The Bertz CT molecular complexity index is 658. The number of benzene rings is 2. The van der Waals surface area contributed by atoms with E-state index in [9.17, 15) is 27.1 Å². The highest BCUT2D eigenvalue weighted by molar-refractivity contribution is 5.37. The number of hydrogen-bond acceptors (Lipinski definition) is 2. The maximum Gasteiger partial charge on any atom is 0.200 e. The van der Waals surface area contributed by atoms with Crippen LogP contribution in [0.15, 0.2) is 24.3 Å². The molecule has 2 rings (SSSR count). The zero-order valence-corrected chi connectivity index (χ0v) is 10.6. The molecule has 0 bridgehead atoms. The number of halogens is 5. The topological polar surface area (TPSA) is 29.5 Å². The first-order chi connectivity index (χ1) is 9.88. The second-order valence-corrected chi connectivity index (χ2v) is 4.16. The largest absolute Gasteiger partial charge is 0.497 e. The van der Waals surface area contributed by atoms with Crippen molar-refractivity contribution >= 4 is 0 Å². The van der Waals surface area contributed by atoms with Crippen molar-refractivity contribution in [1.82, 2.24) is 0 Å². The average Bonchev–Trinajstić information content (AvgIpc) is 2.51. The van der Waals surface area contributed by atoms with E-state index >= 15 is 0 Å². The minimum Gasteiger partial charge on any atom is -0.497 e. The van der Waals surface area contributed by atoms with Crippen molar-refractivity contribution in [2.24, 2.45) is 0 Å². The minimum absolute atomic E-state index is 0.0717. The first-order valence-electron chi connectivity index (χ1n) is 5.71. The molecule has 7 heteroatoms.